The second-order valence-electron chi connectivity index (χ2n) is 6.96. The van der Waals surface area contributed by atoms with Gasteiger partial charge in [0, 0.05) is 37.7 Å². The maximum Gasteiger partial charge on any atom is 0.0847 e. The van der Waals surface area contributed by atoms with Crippen molar-refractivity contribution >= 4 is 19.4 Å². The van der Waals surface area contributed by atoms with Crippen molar-refractivity contribution in [3.8, 4) is 0 Å². The molecule has 0 bridgehead atoms. The quantitative estimate of drug-likeness (QED) is 0.173. The molecule has 0 saturated carbocycles. The molecule has 0 saturated heterocycles. The first-order valence-corrected chi connectivity index (χ1v) is 12.9. The lowest BCUT2D eigenvalue weighted by Gasteiger charge is -2.36. The highest BCUT2D eigenvalue weighted by molar-refractivity contribution is 8.32. The van der Waals surface area contributed by atoms with Gasteiger partial charge >= 0.3 is 0 Å². The third kappa shape index (κ3) is 11.3. The van der Waals surface area contributed by atoms with Crippen LogP contribution in [-0.2, 0) is 19.4 Å². The molecule has 0 aromatic heterocycles. The molecule has 0 spiro atoms. The molecule has 0 rings (SSSR count). The van der Waals surface area contributed by atoms with Gasteiger partial charge in [0.1, 0.15) is 0 Å². The van der Waals surface area contributed by atoms with Gasteiger partial charge in [0.25, 0.3) is 0 Å². The van der Waals surface area contributed by atoms with Crippen molar-refractivity contribution < 1.29 is 8.42 Å². The molecule has 10 heteroatoms. The number of nitrogens with two attached hydrogens (primary N) is 4. The van der Waals surface area contributed by atoms with Crippen molar-refractivity contribution in [3.05, 3.63) is 46.3 Å². The van der Waals surface area contributed by atoms with Gasteiger partial charge in [-0.25, -0.2) is 0 Å². The van der Waals surface area contributed by atoms with E-state index < -0.39 is 19.4 Å². The highest BCUT2D eigenvalue weighted by Crippen LogP contribution is 2.29. The first-order valence-electron chi connectivity index (χ1n) is 8.22. The Balaban J connectivity index is 5.30. The van der Waals surface area contributed by atoms with E-state index in [9.17, 15) is 8.42 Å². The zero-order chi connectivity index (χ0) is 20.5. The van der Waals surface area contributed by atoms with Crippen LogP contribution in [0.1, 0.15) is 13.8 Å². The molecular formula is C16H36N6O2S2. The molecule has 0 aliphatic carbocycles. The summed E-state index contributed by atoms with van der Waals surface area (Å²) in [5.41, 5.74) is 11.2. The van der Waals surface area contributed by atoms with E-state index in [1.807, 2.05) is 13.8 Å². The molecule has 0 amide bonds. The molecule has 154 valence electrons. The number of hydrogen-bond donors (Lipinski definition) is 7. The van der Waals surface area contributed by atoms with Crippen LogP contribution in [0.3, 0.4) is 0 Å². The fourth-order valence-electron chi connectivity index (χ4n) is 1.83. The minimum absolute atomic E-state index is 0.0153. The van der Waals surface area contributed by atoms with Crippen LogP contribution in [0.5, 0.6) is 0 Å². The lowest BCUT2D eigenvalue weighted by atomic mass is 10.4. The minimum atomic E-state index is -3.79. The van der Waals surface area contributed by atoms with Crippen molar-refractivity contribution in [2.75, 3.05) is 25.6 Å². The van der Waals surface area contributed by atoms with E-state index in [1.165, 1.54) is 30.1 Å². The van der Waals surface area contributed by atoms with Crippen molar-refractivity contribution in [2.24, 2.45) is 21.7 Å². The summed E-state index contributed by atoms with van der Waals surface area (Å²) < 4.78 is 25.7. The zero-order valence-electron chi connectivity index (χ0n) is 16.1. The smallest absolute Gasteiger partial charge is 0.0847 e. The largest absolute Gasteiger partial charge is 0.389 e. The van der Waals surface area contributed by atoms with Crippen molar-refractivity contribution in [1.29, 1.82) is 0 Å². The van der Waals surface area contributed by atoms with Gasteiger partial charge in [-0.05, 0) is 69.3 Å². The van der Waals surface area contributed by atoms with Gasteiger partial charge in [-0.15, -0.1) is 0 Å². The minimum Gasteiger partial charge on any atom is -0.389 e. The van der Waals surface area contributed by atoms with Gasteiger partial charge in [0.2, 0.25) is 0 Å². The van der Waals surface area contributed by atoms with Crippen molar-refractivity contribution in [1.82, 2.24) is 10.6 Å². The molecule has 8 nitrogen and oxygen atoms in total. The van der Waals surface area contributed by atoms with Crippen LogP contribution < -0.4 is 32.4 Å². The first kappa shape index (κ1) is 24.7. The van der Waals surface area contributed by atoms with Gasteiger partial charge in [0.15, 0.2) is 0 Å². The molecule has 0 aromatic rings. The Kier molecular flexibility index (Phi) is 9.64. The van der Waals surface area contributed by atoms with Crippen LogP contribution in [-0.4, -0.2) is 46.1 Å². The van der Waals surface area contributed by atoms with E-state index in [2.05, 4.69) is 10.6 Å². The predicted molar refractivity (Wildman–Crippen MR) is 117 cm³/mol. The first-order chi connectivity index (χ1) is 11.7. The highest BCUT2D eigenvalue weighted by Gasteiger charge is 2.31. The van der Waals surface area contributed by atoms with Crippen LogP contribution in [0.15, 0.2) is 46.3 Å². The van der Waals surface area contributed by atoms with Gasteiger partial charge < -0.3 is 22.1 Å². The molecule has 2 unspecified atom stereocenters. The molecule has 0 aliphatic heterocycles. The van der Waals surface area contributed by atoms with Crippen molar-refractivity contribution in [2.45, 2.75) is 25.9 Å². The molecular weight excluding hydrogens is 372 g/mol. The third-order valence-corrected chi connectivity index (χ3v) is 8.26. The van der Waals surface area contributed by atoms with Crippen LogP contribution >= 0.6 is 0 Å². The van der Waals surface area contributed by atoms with E-state index in [1.54, 1.807) is 24.6 Å². The summed E-state index contributed by atoms with van der Waals surface area (Å²) in [5.74, 6) is 0. The van der Waals surface area contributed by atoms with E-state index >= 15 is 0 Å². The number of rotatable bonds is 11. The summed E-state index contributed by atoms with van der Waals surface area (Å²) in [7, 11) is -7.33. The summed E-state index contributed by atoms with van der Waals surface area (Å²) in [6, 6.07) is 0.00266. The standard InChI is InChI=1S/C16H36N6O2S2/c1-14(17)12-21-9-5-6-11-25(19,23)16(26(3,4,20)24)8-7-10-22-13-15(2)18/h5-11,14-15,21-22,25H,12-13,17-18H2,1-4H3,(H2,19,23)(H2,20,24)/b9-5+,10-7+,11-6+,16-8-. The summed E-state index contributed by atoms with van der Waals surface area (Å²) in [5, 5.41) is 19.2. The molecule has 0 aromatic carbocycles. The molecule has 0 heterocycles. The van der Waals surface area contributed by atoms with E-state index in [4.69, 9.17) is 21.7 Å². The van der Waals surface area contributed by atoms with Crippen molar-refractivity contribution in [3.63, 3.8) is 0 Å². The predicted octanol–water partition coefficient (Wildman–Crippen LogP) is -0.914. The topological polar surface area (TPSA) is 162 Å². The number of allylic oxidation sites excluding steroid dienone is 4. The Bertz CT molecular complexity index is 663. The SMILES string of the molecule is CC(N)CN/C=C/C=C(/[SH](N)(=O)/C=C/C=C/NCC(C)N)S(C)(C)(N)=O. The Morgan fingerprint density at radius 3 is 1.92 bits per heavy atom. The molecule has 26 heavy (non-hydrogen) atoms. The molecule has 2 atom stereocenters. The molecule has 10 N–H and O–H groups in total. The van der Waals surface area contributed by atoms with Gasteiger partial charge in [0.05, 0.1) is 4.24 Å². The second kappa shape index (κ2) is 10.1. The summed E-state index contributed by atoms with van der Waals surface area (Å²) >= 11 is 0. The monoisotopic (exact) mass is 408 g/mol. The number of thiol groups is 1. The molecule has 0 radical (unpaired) electrons. The molecule has 0 aliphatic rings. The maximum atomic E-state index is 12.9. The summed E-state index contributed by atoms with van der Waals surface area (Å²) in [4.78, 5) is 0. The lowest BCUT2D eigenvalue weighted by molar-refractivity contribution is 0.669. The van der Waals surface area contributed by atoms with E-state index in [0.717, 1.165) is 0 Å². The summed E-state index contributed by atoms with van der Waals surface area (Å²) in [6.45, 7) is 4.91. The van der Waals surface area contributed by atoms with Gasteiger partial charge in [-0.1, -0.05) is 6.08 Å². The van der Waals surface area contributed by atoms with E-state index in [0.29, 0.717) is 13.1 Å². The Morgan fingerprint density at radius 2 is 1.50 bits per heavy atom. The van der Waals surface area contributed by atoms with Gasteiger partial charge in [-0.3, -0.25) is 18.7 Å². The van der Waals surface area contributed by atoms with Crippen LogP contribution in [0.4, 0.5) is 0 Å². The number of nitrogens with one attached hydrogen (secondary N) is 2. The van der Waals surface area contributed by atoms with Crippen LogP contribution in [0, 0.1) is 0 Å². The Hall–Kier alpha value is -1.30. The number of hydrogen-bond acceptors (Lipinski definition) is 6. The lowest BCUT2D eigenvalue weighted by Crippen LogP contribution is -2.47. The average Bonchev–Trinajstić information content (AvgIpc) is 2.43. The second-order valence-corrected chi connectivity index (χ2v) is 13.7. The fraction of sp³-hybridized carbons (Fsp3) is 0.500. The van der Waals surface area contributed by atoms with Crippen LogP contribution in [0.25, 0.3) is 0 Å². The fourth-order valence-corrected chi connectivity index (χ4v) is 6.72. The summed E-state index contributed by atoms with van der Waals surface area (Å²) in [6.07, 6.45) is 12.1. The normalized spacial score (nSPS) is 18.8. The molecule has 0 fully saturated rings. The van der Waals surface area contributed by atoms with E-state index in [-0.39, 0.29) is 16.3 Å². The third-order valence-electron chi connectivity index (χ3n) is 2.93. The van der Waals surface area contributed by atoms with Crippen LogP contribution in [0.2, 0.25) is 0 Å². The van der Waals surface area contributed by atoms with Gasteiger partial charge in [-0.2, -0.15) is 0 Å². The Labute approximate surface area is 158 Å². The average molecular weight is 409 g/mol. The highest BCUT2D eigenvalue weighted by atomic mass is 32.3. The Morgan fingerprint density at radius 1 is 1.04 bits per heavy atom. The maximum absolute atomic E-state index is 12.9. The zero-order valence-corrected chi connectivity index (χ0v) is 17.8.